The molecule has 1 N–H and O–H groups in total. The van der Waals surface area contributed by atoms with Crippen LogP contribution in [0.15, 0.2) is 133 Å². The maximum absolute atomic E-state index is 5.44. The zero-order valence-electron chi connectivity index (χ0n) is 25.7. The van der Waals surface area contributed by atoms with E-state index in [0.29, 0.717) is 5.92 Å². The molecule has 1 atom stereocenters. The van der Waals surface area contributed by atoms with Crippen LogP contribution in [0.25, 0.3) is 43.6 Å². The molecule has 0 radical (unpaired) electrons. The standard InChI is InChI=1S/C42H38N2/c1-4-14-30-18-12-23-32(28(2)3)41(30)44-42(38-27-31-16-6-8-20-34(31)35-21-9-10-22-36(35)38)40-26-13-25-39(43-40)37-24-11-17-29-15-5-7-19-33(29)37/h5-13,15-28,42,44H,4,14H2,1-3H3. The van der Waals surface area contributed by atoms with E-state index in [9.17, 15) is 0 Å². The van der Waals surface area contributed by atoms with Crippen LogP contribution in [0, 0.1) is 0 Å². The van der Waals surface area contributed by atoms with E-state index in [2.05, 4.69) is 160 Å². The van der Waals surface area contributed by atoms with E-state index in [0.717, 1.165) is 29.8 Å². The fraction of sp³-hybridized carbons (Fsp3) is 0.167. The lowest BCUT2D eigenvalue weighted by Gasteiger charge is -2.27. The summed E-state index contributed by atoms with van der Waals surface area (Å²) in [5.74, 6) is 0.387. The number of fused-ring (bicyclic) bond motifs is 4. The molecule has 1 heterocycles. The van der Waals surface area contributed by atoms with Crippen LogP contribution in [0.2, 0.25) is 0 Å². The maximum Gasteiger partial charge on any atom is 0.0946 e. The van der Waals surface area contributed by atoms with Crippen LogP contribution in [0.3, 0.4) is 0 Å². The van der Waals surface area contributed by atoms with Gasteiger partial charge >= 0.3 is 0 Å². The van der Waals surface area contributed by atoms with Gasteiger partial charge in [0.2, 0.25) is 0 Å². The van der Waals surface area contributed by atoms with Gasteiger partial charge < -0.3 is 5.32 Å². The first kappa shape index (κ1) is 27.9. The van der Waals surface area contributed by atoms with Crippen molar-refractivity contribution in [2.75, 3.05) is 5.32 Å². The normalized spacial score (nSPS) is 12.3. The summed E-state index contributed by atoms with van der Waals surface area (Å²) in [7, 11) is 0. The highest BCUT2D eigenvalue weighted by atomic mass is 15.0. The number of rotatable bonds is 8. The lowest BCUT2D eigenvalue weighted by atomic mass is 9.90. The van der Waals surface area contributed by atoms with Crippen molar-refractivity contribution in [2.24, 2.45) is 0 Å². The van der Waals surface area contributed by atoms with Gasteiger partial charge in [0.1, 0.15) is 0 Å². The zero-order valence-corrected chi connectivity index (χ0v) is 25.7. The predicted molar refractivity (Wildman–Crippen MR) is 189 cm³/mol. The molecule has 7 rings (SSSR count). The molecule has 0 saturated heterocycles. The summed E-state index contributed by atoms with van der Waals surface area (Å²) < 4.78 is 0. The summed E-state index contributed by atoms with van der Waals surface area (Å²) in [5.41, 5.74) is 8.34. The van der Waals surface area contributed by atoms with Crippen molar-refractivity contribution in [1.82, 2.24) is 4.98 Å². The van der Waals surface area contributed by atoms with E-state index in [1.165, 1.54) is 54.7 Å². The zero-order chi connectivity index (χ0) is 30.0. The molecule has 0 aliphatic rings. The quantitative estimate of drug-likeness (QED) is 0.184. The first-order valence-electron chi connectivity index (χ1n) is 15.9. The number of hydrogen-bond donors (Lipinski definition) is 1. The van der Waals surface area contributed by atoms with Crippen LogP contribution in [-0.4, -0.2) is 4.98 Å². The Morgan fingerprint density at radius 2 is 1.25 bits per heavy atom. The van der Waals surface area contributed by atoms with Crippen molar-refractivity contribution < 1.29 is 0 Å². The summed E-state index contributed by atoms with van der Waals surface area (Å²) in [6, 6.07) is 48.1. The molecular weight excluding hydrogens is 532 g/mol. The minimum atomic E-state index is -0.157. The summed E-state index contributed by atoms with van der Waals surface area (Å²) in [4.78, 5) is 5.44. The fourth-order valence-corrected chi connectivity index (χ4v) is 6.74. The number of aryl methyl sites for hydroxylation is 1. The molecule has 0 aliphatic carbocycles. The second-order valence-corrected chi connectivity index (χ2v) is 12.1. The van der Waals surface area contributed by atoms with E-state index in [4.69, 9.17) is 4.98 Å². The highest BCUT2D eigenvalue weighted by Crippen LogP contribution is 2.39. The van der Waals surface area contributed by atoms with Gasteiger partial charge in [-0.15, -0.1) is 0 Å². The Bertz CT molecular complexity index is 2100. The summed E-state index contributed by atoms with van der Waals surface area (Å²) in [6.07, 6.45) is 2.12. The molecule has 0 amide bonds. The predicted octanol–water partition coefficient (Wildman–Crippen LogP) is 11.5. The molecule has 0 bridgehead atoms. The Labute approximate surface area is 260 Å². The van der Waals surface area contributed by atoms with Crippen LogP contribution in [0.5, 0.6) is 0 Å². The van der Waals surface area contributed by atoms with Crippen molar-refractivity contribution in [3.8, 4) is 11.3 Å². The summed E-state index contributed by atoms with van der Waals surface area (Å²) >= 11 is 0. The minimum Gasteiger partial charge on any atom is -0.372 e. The first-order chi connectivity index (χ1) is 21.6. The van der Waals surface area contributed by atoms with Crippen molar-refractivity contribution in [3.05, 3.63) is 156 Å². The van der Waals surface area contributed by atoms with E-state index in [1.54, 1.807) is 0 Å². The van der Waals surface area contributed by atoms with Crippen molar-refractivity contribution in [2.45, 2.75) is 45.6 Å². The van der Waals surface area contributed by atoms with Crippen LogP contribution in [0.1, 0.15) is 61.5 Å². The smallest absolute Gasteiger partial charge is 0.0946 e. The Morgan fingerprint density at radius 3 is 2.05 bits per heavy atom. The van der Waals surface area contributed by atoms with E-state index in [1.807, 2.05) is 0 Å². The van der Waals surface area contributed by atoms with Crippen LogP contribution in [0.4, 0.5) is 5.69 Å². The third kappa shape index (κ3) is 5.11. The summed E-state index contributed by atoms with van der Waals surface area (Å²) in [6.45, 7) is 6.83. The average molecular weight is 571 g/mol. The largest absolute Gasteiger partial charge is 0.372 e. The number of anilines is 1. The molecular formula is C42H38N2. The topological polar surface area (TPSA) is 24.9 Å². The van der Waals surface area contributed by atoms with Gasteiger partial charge in [0.05, 0.1) is 17.4 Å². The number of aromatic nitrogens is 1. The average Bonchev–Trinajstić information content (AvgIpc) is 3.07. The molecule has 0 fully saturated rings. The van der Waals surface area contributed by atoms with Crippen molar-refractivity contribution in [1.29, 1.82) is 0 Å². The molecule has 0 saturated carbocycles. The van der Waals surface area contributed by atoms with Crippen molar-refractivity contribution >= 4 is 38.0 Å². The Hall–Kier alpha value is -4.95. The highest BCUT2D eigenvalue weighted by molar-refractivity contribution is 6.09. The molecule has 0 aliphatic heterocycles. The molecule has 0 spiro atoms. The molecule has 1 unspecified atom stereocenters. The third-order valence-corrected chi connectivity index (χ3v) is 8.86. The number of hydrogen-bond acceptors (Lipinski definition) is 2. The number of nitrogens with one attached hydrogen (secondary N) is 1. The minimum absolute atomic E-state index is 0.157. The van der Waals surface area contributed by atoms with Gasteiger partial charge in [-0.05, 0) is 79.5 Å². The molecule has 6 aromatic carbocycles. The maximum atomic E-state index is 5.44. The third-order valence-electron chi connectivity index (χ3n) is 8.86. The summed E-state index contributed by atoms with van der Waals surface area (Å²) in [5, 5.41) is 11.6. The number of para-hydroxylation sites is 1. The van der Waals surface area contributed by atoms with Gasteiger partial charge in [-0.1, -0.05) is 142 Å². The fourth-order valence-electron chi connectivity index (χ4n) is 6.74. The van der Waals surface area contributed by atoms with Crippen LogP contribution in [-0.2, 0) is 6.42 Å². The Balaban J connectivity index is 1.48. The van der Waals surface area contributed by atoms with Gasteiger partial charge in [0.25, 0.3) is 0 Å². The first-order valence-corrected chi connectivity index (χ1v) is 15.9. The Kier molecular flexibility index (Phi) is 7.58. The van der Waals surface area contributed by atoms with Crippen LogP contribution >= 0.6 is 0 Å². The van der Waals surface area contributed by atoms with Gasteiger partial charge in [0.15, 0.2) is 0 Å². The van der Waals surface area contributed by atoms with Gasteiger partial charge in [0, 0.05) is 11.3 Å². The van der Waals surface area contributed by atoms with E-state index in [-0.39, 0.29) is 6.04 Å². The monoisotopic (exact) mass is 570 g/mol. The van der Waals surface area contributed by atoms with Gasteiger partial charge in [-0.2, -0.15) is 0 Å². The Morgan fingerprint density at radius 1 is 0.591 bits per heavy atom. The SMILES string of the molecule is CCCc1cccc(C(C)C)c1NC(c1cccc(-c2cccc3ccccc23)n1)c1cc2ccccc2c2ccccc12. The number of benzene rings is 6. The molecule has 7 aromatic rings. The van der Waals surface area contributed by atoms with E-state index >= 15 is 0 Å². The molecule has 1 aromatic heterocycles. The lowest BCUT2D eigenvalue weighted by Crippen LogP contribution is -2.17. The van der Waals surface area contributed by atoms with Crippen molar-refractivity contribution in [3.63, 3.8) is 0 Å². The molecule has 44 heavy (non-hydrogen) atoms. The van der Waals surface area contributed by atoms with E-state index < -0.39 is 0 Å². The molecule has 2 heteroatoms. The second kappa shape index (κ2) is 12.0. The lowest BCUT2D eigenvalue weighted by molar-refractivity contribution is 0.833. The molecule has 216 valence electrons. The number of pyridine rings is 1. The van der Waals surface area contributed by atoms with Gasteiger partial charge in [-0.25, -0.2) is 0 Å². The van der Waals surface area contributed by atoms with Crippen LogP contribution < -0.4 is 5.32 Å². The molecule has 2 nitrogen and oxygen atoms in total. The second-order valence-electron chi connectivity index (χ2n) is 12.1. The van der Waals surface area contributed by atoms with Gasteiger partial charge in [-0.3, -0.25) is 4.98 Å². The number of nitrogens with zero attached hydrogens (tertiary/aromatic N) is 1. The highest BCUT2D eigenvalue weighted by Gasteiger charge is 2.23.